The monoisotopic (exact) mass is 461 g/mol. The number of likely N-dealkylation sites (tertiary alicyclic amines) is 1. The molecule has 10 nitrogen and oxygen atoms in total. The number of piperidine rings is 1. The zero-order valence-electron chi connectivity index (χ0n) is 19.2. The molecule has 1 aliphatic carbocycles. The van der Waals surface area contributed by atoms with Crippen LogP contribution in [0.15, 0.2) is 18.5 Å². The molecule has 2 amide bonds. The van der Waals surface area contributed by atoms with Gasteiger partial charge < -0.3 is 15.1 Å². The van der Waals surface area contributed by atoms with Crippen molar-refractivity contribution in [3.8, 4) is 0 Å². The van der Waals surface area contributed by atoms with Crippen molar-refractivity contribution in [1.82, 2.24) is 19.8 Å². The lowest BCUT2D eigenvalue weighted by Crippen LogP contribution is -2.48. The summed E-state index contributed by atoms with van der Waals surface area (Å²) in [6.45, 7) is 4.71. The Morgan fingerprint density at radius 2 is 1.48 bits per heavy atom. The number of aliphatic hydroxyl groups is 1. The van der Waals surface area contributed by atoms with Crippen molar-refractivity contribution in [2.75, 3.05) is 50.8 Å². The van der Waals surface area contributed by atoms with Crippen molar-refractivity contribution in [2.24, 2.45) is 5.41 Å². The van der Waals surface area contributed by atoms with E-state index in [0.29, 0.717) is 19.4 Å². The number of carboxylic acid groups (broad SMARTS) is 1. The molecule has 1 spiro atoms. The van der Waals surface area contributed by atoms with Crippen LogP contribution in [0.25, 0.3) is 0 Å². The summed E-state index contributed by atoms with van der Waals surface area (Å²) in [6, 6.07) is 1.84. The molecule has 2 aliphatic heterocycles. The maximum atomic E-state index is 12.5. The Morgan fingerprint density at radius 1 is 0.939 bits per heavy atom. The van der Waals surface area contributed by atoms with Gasteiger partial charge in [0.25, 0.3) is 0 Å². The first-order chi connectivity index (χ1) is 15.9. The van der Waals surface area contributed by atoms with Gasteiger partial charge >= 0.3 is 5.97 Å². The highest BCUT2D eigenvalue weighted by atomic mass is 16.4. The molecule has 3 heterocycles. The number of carbonyl (C=O) groups is 3. The number of hydrogen-bond acceptors (Lipinski definition) is 8. The fourth-order valence-electron chi connectivity index (χ4n) is 4.99. The number of aliphatic carboxylic acids is 1. The normalized spacial score (nSPS) is 20.6. The summed E-state index contributed by atoms with van der Waals surface area (Å²) in [5.74, 6) is -0.251. The predicted octanol–water partition coefficient (Wildman–Crippen LogP) is 1.15. The van der Waals surface area contributed by atoms with E-state index in [2.05, 4.69) is 19.8 Å². The number of unbranched alkanes of at least 4 members (excludes halogenated alkanes) is 1. The van der Waals surface area contributed by atoms with Gasteiger partial charge in [-0.15, -0.1) is 0 Å². The van der Waals surface area contributed by atoms with Crippen LogP contribution in [0.4, 0.5) is 5.95 Å². The van der Waals surface area contributed by atoms with Gasteiger partial charge in [-0.05, 0) is 43.7 Å². The average molecular weight is 462 g/mol. The zero-order valence-corrected chi connectivity index (χ0v) is 19.2. The van der Waals surface area contributed by atoms with E-state index in [-0.39, 0.29) is 17.2 Å². The van der Waals surface area contributed by atoms with Crippen LogP contribution in [0.1, 0.15) is 51.4 Å². The number of rotatable bonds is 7. The molecule has 0 bridgehead atoms. The number of nitrogens with zero attached hydrogens (tertiary/aromatic N) is 5. The van der Waals surface area contributed by atoms with Gasteiger partial charge in [0.05, 0.1) is 0 Å². The summed E-state index contributed by atoms with van der Waals surface area (Å²) >= 11 is 0. The summed E-state index contributed by atoms with van der Waals surface area (Å²) in [5, 5.41) is 15.0. The second kappa shape index (κ2) is 12.0. The number of anilines is 1. The van der Waals surface area contributed by atoms with Crippen LogP contribution in [0.3, 0.4) is 0 Å². The van der Waals surface area contributed by atoms with Crippen molar-refractivity contribution in [2.45, 2.75) is 51.4 Å². The molecule has 1 aromatic heterocycles. The first kappa shape index (κ1) is 25.0. The molecular formula is C23H35N5O5. The van der Waals surface area contributed by atoms with E-state index in [9.17, 15) is 9.59 Å². The molecule has 2 N–H and O–H groups in total. The van der Waals surface area contributed by atoms with E-state index in [1.54, 1.807) is 12.4 Å². The van der Waals surface area contributed by atoms with Crippen LogP contribution in [-0.2, 0) is 14.4 Å². The summed E-state index contributed by atoms with van der Waals surface area (Å²) < 4.78 is 0. The molecule has 0 atom stereocenters. The highest BCUT2D eigenvalue weighted by Gasteiger charge is 2.44. The highest BCUT2D eigenvalue weighted by Crippen LogP contribution is 2.46. The molecule has 1 saturated carbocycles. The smallest absolute Gasteiger partial charge is 0.329 e. The fraction of sp³-hybridized carbons (Fsp3) is 0.696. The second-order valence-corrected chi connectivity index (χ2v) is 9.14. The zero-order chi connectivity index (χ0) is 23.7. The summed E-state index contributed by atoms with van der Waals surface area (Å²) in [6.07, 6.45) is 11.1. The van der Waals surface area contributed by atoms with Crippen molar-refractivity contribution in [3.63, 3.8) is 0 Å². The van der Waals surface area contributed by atoms with Gasteiger partial charge in [-0.1, -0.05) is 12.8 Å². The Labute approximate surface area is 194 Å². The third kappa shape index (κ3) is 7.20. The van der Waals surface area contributed by atoms with Gasteiger partial charge in [0.1, 0.15) is 6.61 Å². The standard InChI is InChI=1S/C21H31N5O2.C2H4O3/c27-18-16-21(6-1-2-7-21)17-19(28)26(18)11-4-3-10-24-12-14-25(15-13-24)20-22-8-5-9-23-20;3-1-2(4)5/h5,8-9H,1-4,6-7,10-17H2;3H,1H2,(H,4,5). The van der Waals surface area contributed by atoms with E-state index < -0.39 is 12.6 Å². The van der Waals surface area contributed by atoms with Gasteiger partial charge in [0.15, 0.2) is 0 Å². The summed E-state index contributed by atoms with van der Waals surface area (Å²) in [5.41, 5.74) is 0.00676. The second-order valence-electron chi connectivity index (χ2n) is 9.14. The molecule has 2 saturated heterocycles. The molecule has 0 aromatic carbocycles. The van der Waals surface area contributed by atoms with Crippen LogP contribution in [-0.4, -0.2) is 93.6 Å². The minimum atomic E-state index is -1.19. The van der Waals surface area contributed by atoms with Gasteiger partial charge in [-0.2, -0.15) is 0 Å². The molecule has 33 heavy (non-hydrogen) atoms. The Bertz CT molecular complexity index is 772. The average Bonchev–Trinajstić information content (AvgIpc) is 3.26. The van der Waals surface area contributed by atoms with Crippen molar-refractivity contribution < 1.29 is 24.6 Å². The third-order valence-electron chi connectivity index (χ3n) is 6.77. The number of aliphatic hydroxyl groups excluding tert-OH is 1. The van der Waals surface area contributed by atoms with E-state index >= 15 is 0 Å². The molecule has 10 heteroatoms. The van der Waals surface area contributed by atoms with Crippen molar-refractivity contribution >= 4 is 23.7 Å². The van der Waals surface area contributed by atoms with Gasteiger partial charge in [0, 0.05) is 58.0 Å². The van der Waals surface area contributed by atoms with Crippen LogP contribution in [0.5, 0.6) is 0 Å². The molecule has 3 aliphatic rings. The van der Waals surface area contributed by atoms with E-state index in [1.165, 1.54) is 17.7 Å². The number of amides is 2. The van der Waals surface area contributed by atoms with Gasteiger partial charge in [-0.25, -0.2) is 14.8 Å². The van der Waals surface area contributed by atoms with E-state index in [4.69, 9.17) is 15.0 Å². The first-order valence-corrected chi connectivity index (χ1v) is 11.8. The van der Waals surface area contributed by atoms with E-state index in [1.807, 2.05) is 6.07 Å². The topological polar surface area (TPSA) is 127 Å². The van der Waals surface area contributed by atoms with Gasteiger partial charge in [-0.3, -0.25) is 19.4 Å². The van der Waals surface area contributed by atoms with Crippen LogP contribution >= 0.6 is 0 Å². The summed E-state index contributed by atoms with van der Waals surface area (Å²) in [7, 11) is 0. The first-order valence-electron chi connectivity index (χ1n) is 11.8. The minimum absolute atomic E-state index is 0.00676. The van der Waals surface area contributed by atoms with Crippen molar-refractivity contribution in [1.29, 1.82) is 0 Å². The molecule has 3 fully saturated rings. The lowest BCUT2D eigenvalue weighted by Gasteiger charge is -2.37. The Hall–Kier alpha value is -2.59. The van der Waals surface area contributed by atoms with Gasteiger partial charge in [0.2, 0.25) is 17.8 Å². The molecule has 1 aromatic rings. The van der Waals surface area contributed by atoms with Crippen LogP contribution in [0.2, 0.25) is 0 Å². The number of carboxylic acids is 1. The Balaban J connectivity index is 0.000000555. The number of hydrogen-bond donors (Lipinski definition) is 2. The maximum Gasteiger partial charge on any atom is 0.329 e. The Morgan fingerprint density at radius 3 is 2.03 bits per heavy atom. The minimum Gasteiger partial charge on any atom is -0.480 e. The third-order valence-corrected chi connectivity index (χ3v) is 6.77. The van der Waals surface area contributed by atoms with Crippen LogP contribution in [0, 0.1) is 5.41 Å². The molecular weight excluding hydrogens is 426 g/mol. The molecule has 0 radical (unpaired) electrons. The molecule has 0 unspecified atom stereocenters. The largest absolute Gasteiger partial charge is 0.480 e. The maximum absolute atomic E-state index is 12.5. The number of carbonyl (C=O) groups excluding carboxylic acids is 2. The Kier molecular flexibility index (Phi) is 9.13. The number of piperazine rings is 1. The predicted molar refractivity (Wildman–Crippen MR) is 121 cm³/mol. The number of imide groups is 1. The number of aromatic nitrogens is 2. The fourth-order valence-corrected chi connectivity index (χ4v) is 4.99. The quantitative estimate of drug-likeness (QED) is 0.454. The SMILES string of the molecule is O=C(O)CO.O=C1CC2(CCCC2)CC(=O)N1CCCCN1CCN(c2ncccn2)CC1. The van der Waals surface area contributed by atoms with E-state index in [0.717, 1.165) is 64.4 Å². The van der Waals surface area contributed by atoms with Crippen molar-refractivity contribution in [3.05, 3.63) is 18.5 Å². The van der Waals surface area contributed by atoms with Crippen LogP contribution < -0.4 is 4.90 Å². The lowest BCUT2D eigenvalue weighted by atomic mass is 9.76. The molecule has 4 rings (SSSR count). The lowest BCUT2D eigenvalue weighted by molar-refractivity contribution is -0.153. The summed E-state index contributed by atoms with van der Waals surface area (Å²) in [4.78, 5) is 49.0. The highest BCUT2D eigenvalue weighted by molar-refractivity contribution is 5.98. The molecule has 182 valence electrons.